The van der Waals surface area contributed by atoms with Gasteiger partial charge in [0.1, 0.15) is 10.3 Å². The number of thioether (sulfide) groups is 1. The number of rotatable bonds is 7. The van der Waals surface area contributed by atoms with Crippen molar-refractivity contribution in [2.45, 2.75) is 29.3 Å². The summed E-state index contributed by atoms with van der Waals surface area (Å²) in [5.41, 5.74) is 0.889. The Bertz CT molecular complexity index is 1050. The Morgan fingerprint density at radius 2 is 2.03 bits per heavy atom. The maximum atomic E-state index is 13.1. The summed E-state index contributed by atoms with van der Waals surface area (Å²) >= 11 is 7.23. The predicted octanol–water partition coefficient (Wildman–Crippen LogP) is 5.25. The second kappa shape index (κ2) is 8.26. The van der Waals surface area contributed by atoms with E-state index in [9.17, 15) is 14.9 Å². The van der Waals surface area contributed by atoms with Crippen molar-refractivity contribution in [2.75, 3.05) is 5.32 Å². The normalized spacial score (nSPS) is 14.4. The summed E-state index contributed by atoms with van der Waals surface area (Å²) < 4.78 is 2.10. The zero-order valence-electron chi connectivity index (χ0n) is 15.2. The van der Waals surface area contributed by atoms with Crippen LogP contribution in [0.15, 0.2) is 66.1 Å². The number of nitrogens with zero attached hydrogens (tertiary/aromatic N) is 3. The fraction of sp³-hybridized carbons (Fsp3) is 0.200. The lowest BCUT2D eigenvalue weighted by atomic mass is 10.1. The number of nitro benzene ring substituents is 1. The lowest BCUT2D eigenvalue weighted by molar-refractivity contribution is -0.384. The average molecular weight is 429 g/mol. The van der Waals surface area contributed by atoms with Crippen molar-refractivity contribution in [3.8, 4) is 0 Å². The molecule has 0 saturated heterocycles. The molecule has 1 N–H and O–H groups in total. The van der Waals surface area contributed by atoms with Gasteiger partial charge >= 0.3 is 0 Å². The number of nitrogens with one attached hydrogen (secondary N) is 1. The van der Waals surface area contributed by atoms with Gasteiger partial charge in [0.2, 0.25) is 5.91 Å². The van der Waals surface area contributed by atoms with Gasteiger partial charge in [-0.15, -0.1) is 0 Å². The first-order valence-electron chi connectivity index (χ1n) is 9.02. The first-order chi connectivity index (χ1) is 14.0. The molecule has 0 spiro atoms. The minimum absolute atomic E-state index is 0.0217. The second-order valence-electron chi connectivity index (χ2n) is 6.67. The van der Waals surface area contributed by atoms with E-state index in [2.05, 4.69) is 14.9 Å². The number of imidazole rings is 1. The number of hydrogen-bond acceptors (Lipinski definition) is 5. The second-order valence-corrected chi connectivity index (χ2v) is 8.15. The number of benzene rings is 2. The molecule has 1 saturated carbocycles. The Hall–Kier alpha value is -2.84. The molecule has 0 aliphatic heterocycles. The van der Waals surface area contributed by atoms with Crippen molar-refractivity contribution in [2.24, 2.45) is 0 Å². The molecule has 3 aromatic rings. The van der Waals surface area contributed by atoms with E-state index in [-0.39, 0.29) is 16.6 Å². The number of hydrogen-bond donors (Lipinski definition) is 1. The Kier molecular flexibility index (Phi) is 5.55. The van der Waals surface area contributed by atoms with Crippen LogP contribution >= 0.6 is 23.4 Å². The van der Waals surface area contributed by atoms with Crippen molar-refractivity contribution in [1.82, 2.24) is 9.55 Å². The standard InChI is InChI=1S/C20H17ClN4O3S/c21-16-9-6-14(12-17(16)25(27)28)23-19(26)18(13-4-2-1-3-5-13)29-20-22-10-11-24(20)15-7-8-15/h1-6,9-12,15,18H,7-8H2,(H,23,26). The van der Waals surface area contributed by atoms with Gasteiger partial charge in [0.25, 0.3) is 5.69 Å². The highest BCUT2D eigenvalue weighted by atomic mass is 35.5. The molecular weight excluding hydrogens is 412 g/mol. The lowest BCUT2D eigenvalue weighted by Gasteiger charge is -2.17. The van der Waals surface area contributed by atoms with Crippen molar-refractivity contribution in [3.63, 3.8) is 0 Å². The van der Waals surface area contributed by atoms with Crippen molar-refractivity contribution in [3.05, 3.63) is 81.6 Å². The van der Waals surface area contributed by atoms with Gasteiger partial charge in [-0.25, -0.2) is 4.98 Å². The van der Waals surface area contributed by atoms with Crippen LogP contribution in [0.3, 0.4) is 0 Å². The number of carbonyl (C=O) groups is 1. The van der Waals surface area contributed by atoms with E-state index >= 15 is 0 Å². The molecule has 0 radical (unpaired) electrons. The molecule has 1 heterocycles. The molecule has 7 nitrogen and oxygen atoms in total. The fourth-order valence-electron chi connectivity index (χ4n) is 2.97. The van der Waals surface area contributed by atoms with Gasteiger partial charge in [-0.05, 0) is 30.5 Å². The molecule has 2 aromatic carbocycles. The molecule has 148 valence electrons. The van der Waals surface area contributed by atoms with Gasteiger partial charge in [0, 0.05) is 30.2 Å². The van der Waals surface area contributed by atoms with E-state index in [1.807, 2.05) is 36.5 Å². The molecule has 9 heteroatoms. The Morgan fingerprint density at radius 3 is 2.72 bits per heavy atom. The van der Waals surface area contributed by atoms with E-state index < -0.39 is 10.2 Å². The number of halogens is 1. The van der Waals surface area contributed by atoms with Crippen LogP contribution in [0.25, 0.3) is 0 Å². The molecule has 1 atom stereocenters. The van der Waals surface area contributed by atoms with E-state index in [4.69, 9.17) is 11.6 Å². The molecule has 0 bridgehead atoms. The number of amides is 1. The Labute approximate surface area is 176 Å². The van der Waals surface area contributed by atoms with Crippen molar-refractivity contribution in [1.29, 1.82) is 0 Å². The van der Waals surface area contributed by atoms with E-state index in [0.29, 0.717) is 11.7 Å². The van der Waals surface area contributed by atoms with E-state index in [1.54, 1.807) is 12.3 Å². The summed E-state index contributed by atoms with van der Waals surface area (Å²) in [6.45, 7) is 0. The van der Waals surface area contributed by atoms with Crippen LogP contribution < -0.4 is 5.32 Å². The van der Waals surface area contributed by atoms with Crippen molar-refractivity contribution >= 4 is 40.6 Å². The Morgan fingerprint density at radius 1 is 1.28 bits per heavy atom. The zero-order valence-corrected chi connectivity index (χ0v) is 16.8. The summed E-state index contributed by atoms with van der Waals surface area (Å²) in [7, 11) is 0. The highest BCUT2D eigenvalue weighted by Gasteiger charge is 2.29. The maximum absolute atomic E-state index is 13.1. The van der Waals surface area contributed by atoms with Gasteiger partial charge in [-0.2, -0.15) is 0 Å². The van der Waals surface area contributed by atoms with Crippen LogP contribution in [0, 0.1) is 10.1 Å². The van der Waals surface area contributed by atoms with Gasteiger partial charge in [-0.3, -0.25) is 14.9 Å². The number of anilines is 1. The van der Waals surface area contributed by atoms with Crippen LogP contribution in [0.1, 0.15) is 29.7 Å². The third kappa shape index (κ3) is 4.44. The van der Waals surface area contributed by atoms with Gasteiger partial charge in [-0.1, -0.05) is 53.7 Å². The van der Waals surface area contributed by atoms with E-state index in [0.717, 1.165) is 23.6 Å². The van der Waals surface area contributed by atoms with Crippen LogP contribution in [0.4, 0.5) is 11.4 Å². The lowest BCUT2D eigenvalue weighted by Crippen LogP contribution is -2.19. The number of aromatic nitrogens is 2. The van der Waals surface area contributed by atoms with Crippen LogP contribution in [-0.2, 0) is 4.79 Å². The number of nitro groups is 1. The minimum Gasteiger partial charge on any atom is -0.325 e. The largest absolute Gasteiger partial charge is 0.325 e. The molecule has 1 unspecified atom stereocenters. The summed E-state index contributed by atoms with van der Waals surface area (Å²) in [4.78, 5) is 28.1. The highest BCUT2D eigenvalue weighted by molar-refractivity contribution is 8.00. The molecule has 4 rings (SSSR count). The highest BCUT2D eigenvalue weighted by Crippen LogP contribution is 2.42. The monoisotopic (exact) mass is 428 g/mol. The third-order valence-corrected chi connectivity index (χ3v) is 6.12. The molecule has 29 heavy (non-hydrogen) atoms. The quantitative estimate of drug-likeness (QED) is 0.315. The van der Waals surface area contributed by atoms with Crippen LogP contribution in [0.2, 0.25) is 5.02 Å². The van der Waals surface area contributed by atoms with Crippen LogP contribution in [-0.4, -0.2) is 20.4 Å². The van der Waals surface area contributed by atoms with Gasteiger partial charge < -0.3 is 9.88 Å². The summed E-state index contributed by atoms with van der Waals surface area (Å²) in [6.07, 6.45) is 5.90. The minimum atomic E-state index is -0.576. The topological polar surface area (TPSA) is 90.1 Å². The molecule has 1 aromatic heterocycles. The summed E-state index contributed by atoms with van der Waals surface area (Å²) in [5.74, 6) is -0.289. The maximum Gasteiger partial charge on any atom is 0.289 e. The molecule has 1 aliphatic carbocycles. The zero-order chi connectivity index (χ0) is 20.4. The smallest absolute Gasteiger partial charge is 0.289 e. The SMILES string of the molecule is O=C(Nc1ccc(Cl)c([N+](=O)[O-])c1)C(Sc1nccn1C1CC1)c1ccccc1. The predicted molar refractivity (Wildman–Crippen MR) is 112 cm³/mol. The number of carbonyl (C=O) groups excluding carboxylic acids is 1. The molecule has 1 aliphatic rings. The van der Waals surface area contributed by atoms with E-state index in [1.165, 1.54) is 23.9 Å². The molecule has 1 amide bonds. The Balaban J connectivity index is 1.61. The van der Waals surface area contributed by atoms with Gasteiger partial charge in [0.05, 0.1) is 4.92 Å². The third-order valence-electron chi connectivity index (χ3n) is 4.55. The molecule has 1 fully saturated rings. The first-order valence-corrected chi connectivity index (χ1v) is 10.3. The summed E-state index contributed by atoms with van der Waals surface area (Å²) in [5, 5.41) is 14.1. The molecular formula is C20H17ClN4O3S. The van der Waals surface area contributed by atoms with Crippen molar-refractivity contribution < 1.29 is 9.72 Å². The van der Waals surface area contributed by atoms with Gasteiger partial charge in [0.15, 0.2) is 5.16 Å². The first kappa shape index (κ1) is 19.5. The fourth-order valence-corrected chi connectivity index (χ4v) is 4.28. The summed E-state index contributed by atoms with van der Waals surface area (Å²) in [6, 6.07) is 14.0. The average Bonchev–Trinajstić information content (AvgIpc) is 3.46. The van der Waals surface area contributed by atoms with Crippen LogP contribution in [0.5, 0.6) is 0 Å².